The van der Waals surface area contributed by atoms with Gasteiger partial charge in [0.1, 0.15) is 11.6 Å². The molecule has 1 fully saturated rings. The molecule has 18 heavy (non-hydrogen) atoms. The highest BCUT2D eigenvalue weighted by molar-refractivity contribution is 5.23. The Morgan fingerprint density at radius 1 is 1.33 bits per heavy atom. The molecule has 1 saturated heterocycles. The van der Waals surface area contributed by atoms with Crippen LogP contribution in [0.4, 0.5) is 8.78 Å². The van der Waals surface area contributed by atoms with Crippen molar-refractivity contribution in [2.45, 2.75) is 32.4 Å². The van der Waals surface area contributed by atoms with Gasteiger partial charge in [-0.3, -0.25) is 0 Å². The highest BCUT2D eigenvalue weighted by Crippen LogP contribution is 2.31. The van der Waals surface area contributed by atoms with Crippen LogP contribution in [0.3, 0.4) is 0 Å². The normalized spacial score (nSPS) is 25.3. The molecule has 0 bridgehead atoms. The van der Waals surface area contributed by atoms with Gasteiger partial charge in [0, 0.05) is 12.7 Å². The molecule has 2 nitrogen and oxygen atoms in total. The lowest BCUT2D eigenvalue weighted by molar-refractivity contribution is 0.0610. The average Bonchev–Trinajstić information content (AvgIpc) is 2.71. The Morgan fingerprint density at radius 3 is 2.50 bits per heavy atom. The number of hydrogen-bond donors (Lipinski definition) is 1. The first-order valence-corrected chi connectivity index (χ1v) is 6.42. The third kappa shape index (κ3) is 2.87. The first-order chi connectivity index (χ1) is 8.61. The fraction of sp³-hybridized carbons (Fsp3) is 0.571. The van der Waals surface area contributed by atoms with Gasteiger partial charge in [0.05, 0.1) is 12.1 Å². The summed E-state index contributed by atoms with van der Waals surface area (Å²) in [5.74, 6) is -0.697. The molecule has 1 aromatic carbocycles. The van der Waals surface area contributed by atoms with E-state index in [-0.39, 0.29) is 12.1 Å². The molecule has 0 amide bonds. The van der Waals surface area contributed by atoms with Crippen molar-refractivity contribution in [2.24, 2.45) is 5.92 Å². The quantitative estimate of drug-likeness (QED) is 0.893. The number of hydrogen-bond acceptors (Lipinski definition) is 2. The number of benzene rings is 1. The highest BCUT2D eigenvalue weighted by Gasteiger charge is 2.32. The molecule has 0 spiro atoms. The predicted molar refractivity (Wildman–Crippen MR) is 66.3 cm³/mol. The largest absolute Gasteiger partial charge is 0.376 e. The first kappa shape index (κ1) is 13.4. The SMILES string of the molecule is CCNC(c1cc(F)cc(F)c1)C1OCCC1C. The molecule has 3 atom stereocenters. The van der Waals surface area contributed by atoms with Crippen LogP contribution in [0.1, 0.15) is 31.9 Å². The minimum absolute atomic E-state index is 0.0221. The summed E-state index contributed by atoms with van der Waals surface area (Å²) >= 11 is 0. The Bertz CT molecular complexity index is 391. The molecule has 0 aromatic heterocycles. The van der Waals surface area contributed by atoms with Crippen LogP contribution in [-0.2, 0) is 4.74 Å². The zero-order valence-corrected chi connectivity index (χ0v) is 10.7. The number of likely N-dealkylation sites (N-methyl/N-ethyl adjacent to an activating group) is 1. The van der Waals surface area contributed by atoms with Crippen LogP contribution < -0.4 is 5.32 Å². The number of rotatable bonds is 4. The van der Waals surface area contributed by atoms with Gasteiger partial charge in [0.15, 0.2) is 0 Å². The summed E-state index contributed by atoms with van der Waals surface area (Å²) in [6.07, 6.45) is 0.968. The molecule has 1 heterocycles. The Balaban J connectivity index is 2.28. The van der Waals surface area contributed by atoms with Crippen LogP contribution in [0.15, 0.2) is 18.2 Å². The topological polar surface area (TPSA) is 21.3 Å². The smallest absolute Gasteiger partial charge is 0.126 e. The predicted octanol–water partition coefficient (Wildman–Crippen LogP) is 3.04. The maximum Gasteiger partial charge on any atom is 0.126 e. The monoisotopic (exact) mass is 255 g/mol. The lowest BCUT2D eigenvalue weighted by Crippen LogP contribution is -2.34. The first-order valence-electron chi connectivity index (χ1n) is 6.42. The van der Waals surface area contributed by atoms with Gasteiger partial charge in [0.25, 0.3) is 0 Å². The average molecular weight is 255 g/mol. The standard InChI is InChI=1S/C14H19F2NO/c1-3-17-13(14-9(2)4-5-18-14)10-6-11(15)8-12(16)7-10/h6-9,13-14,17H,3-5H2,1-2H3. The fourth-order valence-corrected chi connectivity index (χ4v) is 2.54. The molecular formula is C14H19F2NO. The van der Waals surface area contributed by atoms with Crippen LogP contribution in [0, 0.1) is 17.6 Å². The summed E-state index contributed by atoms with van der Waals surface area (Å²) in [6.45, 7) is 5.53. The summed E-state index contributed by atoms with van der Waals surface area (Å²) in [4.78, 5) is 0. The molecular weight excluding hydrogens is 236 g/mol. The second-order valence-corrected chi connectivity index (χ2v) is 4.84. The van der Waals surface area contributed by atoms with E-state index in [1.807, 2.05) is 6.92 Å². The highest BCUT2D eigenvalue weighted by atomic mass is 19.1. The van der Waals surface area contributed by atoms with Crippen molar-refractivity contribution in [1.29, 1.82) is 0 Å². The van der Waals surface area contributed by atoms with Crippen molar-refractivity contribution in [3.8, 4) is 0 Å². The maximum atomic E-state index is 13.3. The summed E-state index contributed by atoms with van der Waals surface area (Å²) in [5.41, 5.74) is 0.619. The van der Waals surface area contributed by atoms with Gasteiger partial charge >= 0.3 is 0 Å². The van der Waals surface area contributed by atoms with Crippen LogP contribution in [-0.4, -0.2) is 19.3 Å². The van der Waals surface area contributed by atoms with Crippen molar-refractivity contribution in [3.05, 3.63) is 35.4 Å². The van der Waals surface area contributed by atoms with E-state index in [9.17, 15) is 8.78 Å². The summed E-state index contributed by atoms with van der Waals surface area (Å²) in [6, 6.07) is 3.50. The van der Waals surface area contributed by atoms with Crippen LogP contribution in [0.25, 0.3) is 0 Å². The van der Waals surface area contributed by atoms with E-state index in [0.29, 0.717) is 18.1 Å². The van der Waals surface area contributed by atoms with Gasteiger partial charge in [-0.15, -0.1) is 0 Å². The Hall–Kier alpha value is -1.00. The second kappa shape index (κ2) is 5.76. The minimum atomic E-state index is -0.543. The molecule has 4 heteroatoms. The van der Waals surface area contributed by atoms with Gasteiger partial charge < -0.3 is 10.1 Å². The van der Waals surface area contributed by atoms with E-state index in [4.69, 9.17) is 4.74 Å². The third-order valence-electron chi connectivity index (χ3n) is 3.44. The fourth-order valence-electron chi connectivity index (χ4n) is 2.54. The molecule has 1 aromatic rings. The summed E-state index contributed by atoms with van der Waals surface area (Å²) in [7, 11) is 0. The molecule has 1 aliphatic heterocycles. The van der Waals surface area contributed by atoms with Crippen molar-refractivity contribution < 1.29 is 13.5 Å². The van der Waals surface area contributed by atoms with Gasteiger partial charge in [-0.2, -0.15) is 0 Å². The van der Waals surface area contributed by atoms with E-state index >= 15 is 0 Å². The van der Waals surface area contributed by atoms with Crippen molar-refractivity contribution in [3.63, 3.8) is 0 Å². The molecule has 0 aliphatic carbocycles. The molecule has 1 aliphatic rings. The summed E-state index contributed by atoms with van der Waals surface area (Å²) < 4.78 is 32.3. The second-order valence-electron chi connectivity index (χ2n) is 4.84. The third-order valence-corrected chi connectivity index (χ3v) is 3.44. The Morgan fingerprint density at radius 2 is 2.00 bits per heavy atom. The van der Waals surface area contributed by atoms with Crippen molar-refractivity contribution in [1.82, 2.24) is 5.32 Å². The van der Waals surface area contributed by atoms with Crippen molar-refractivity contribution in [2.75, 3.05) is 13.2 Å². The maximum absolute atomic E-state index is 13.3. The number of halogens is 2. The van der Waals surface area contributed by atoms with E-state index < -0.39 is 11.6 Å². The van der Waals surface area contributed by atoms with Crippen LogP contribution in [0.2, 0.25) is 0 Å². The van der Waals surface area contributed by atoms with Crippen molar-refractivity contribution >= 4 is 0 Å². The van der Waals surface area contributed by atoms with Gasteiger partial charge in [-0.05, 0) is 36.6 Å². The minimum Gasteiger partial charge on any atom is -0.376 e. The Labute approximate surface area is 106 Å². The van der Waals surface area contributed by atoms with E-state index in [0.717, 1.165) is 19.0 Å². The molecule has 1 N–H and O–H groups in total. The molecule has 3 unspecified atom stereocenters. The van der Waals surface area contributed by atoms with Gasteiger partial charge in [0.2, 0.25) is 0 Å². The van der Waals surface area contributed by atoms with Gasteiger partial charge in [-0.1, -0.05) is 13.8 Å². The zero-order valence-electron chi connectivity index (χ0n) is 10.7. The van der Waals surface area contributed by atoms with Crippen LogP contribution >= 0.6 is 0 Å². The van der Waals surface area contributed by atoms with Crippen LogP contribution in [0.5, 0.6) is 0 Å². The zero-order chi connectivity index (χ0) is 13.1. The van der Waals surface area contributed by atoms with Gasteiger partial charge in [-0.25, -0.2) is 8.78 Å². The lowest BCUT2D eigenvalue weighted by atomic mass is 9.92. The van der Waals surface area contributed by atoms with E-state index in [1.165, 1.54) is 12.1 Å². The number of nitrogens with one attached hydrogen (secondary N) is 1. The summed E-state index contributed by atoms with van der Waals surface area (Å²) in [5, 5.41) is 3.27. The molecule has 2 rings (SSSR count). The molecule has 100 valence electrons. The molecule has 0 saturated carbocycles. The van der Waals surface area contributed by atoms with E-state index in [2.05, 4.69) is 12.2 Å². The number of ether oxygens (including phenoxy) is 1. The Kier molecular flexibility index (Phi) is 4.30. The lowest BCUT2D eigenvalue weighted by Gasteiger charge is -2.27. The van der Waals surface area contributed by atoms with E-state index in [1.54, 1.807) is 0 Å². The molecule has 0 radical (unpaired) electrons.